The summed E-state index contributed by atoms with van der Waals surface area (Å²) in [5.41, 5.74) is 1.74. The van der Waals surface area contributed by atoms with Crippen molar-refractivity contribution in [2.45, 2.75) is 74.1 Å². The van der Waals surface area contributed by atoms with Gasteiger partial charge in [0, 0.05) is 30.1 Å². The van der Waals surface area contributed by atoms with Gasteiger partial charge in [0.05, 0.1) is 29.2 Å². The average molecular weight is 616 g/mol. The highest BCUT2D eigenvalue weighted by Gasteiger charge is 2.74. The highest BCUT2D eigenvalue weighted by molar-refractivity contribution is 8.02. The molecule has 3 aliphatic rings. The predicted octanol–water partition coefficient (Wildman–Crippen LogP) is 5.10. The lowest BCUT2D eigenvalue weighted by Crippen LogP contribution is -2.59. The number of rotatable bonds is 14. The molecule has 0 saturated carbocycles. The molecule has 0 aliphatic carbocycles. The van der Waals surface area contributed by atoms with E-state index in [1.54, 1.807) is 33.7 Å². The van der Waals surface area contributed by atoms with Crippen LogP contribution < -0.4 is 4.90 Å². The van der Waals surface area contributed by atoms with Crippen LogP contribution in [0.3, 0.4) is 0 Å². The molecule has 234 valence electrons. The second-order valence-electron chi connectivity index (χ2n) is 12.3. The average Bonchev–Trinajstić information content (AvgIpc) is 3.69. The summed E-state index contributed by atoms with van der Waals surface area (Å²) in [5.74, 6) is -1.63. The van der Waals surface area contributed by atoms with E-state index in [-0.39, 0.29) is 35.6 Å². The Bertz CT molecular complexity index is 1350. The van der Waals surface area contributed by atoms with E-state index in [9.17, 15) is 19.5 Å². The third kappa shape index (κ3) is 5.63. The number of aliphatic hydroxyl groups excluding tert-OH is 1. The monoisotopic (exact) mass is 615 g/mol. The van der Waals surface area contributed by atoms with Crippen LogP contribution >= 0.6 is 11.8 Å². The zero-order valence-electron chi connectivity index (χ0n) is 25.9. The van der Waals surface area contributed by atoms with Gasteiger partial charge in [-0.05, 0) is 50.3 Å². The predicted molar refractivity (Wildman–Crippen MR) is 177 cm³/mol. The Morgan fingerprint density at radius 1 is 1.07 bits per heavy atom. The quantitative estimate of drug-likeness (QED) is 0.299. The lowest BCUT2D eigenvalue weighted by molar-refractivity contribution is -0.146. The van der Waals surface area contributed by atoms with Crippen LogP contribution in [0.15, 0.2) is 86.0 Å². The fourth-order valence-electron chi connectivity index (χ4n) is 7.78. The minimum absolute atomic E-state index is 0.0400. The van der Waals surface area contributed by atoms with Crippen molar-refractivity contribution in [3.05, 3.63) is 91.5 Å². The molecule has 5 rings (SSSR count). The molecule has 0 radical (unpaired) electrons. The molecular formula is C36H45N3O4S. The Hall–Kier alpha value is -3.36. The zero-order chi connectivity index (χ0) is 31.4. The first-order chi connectivity index (χ1) is 21.3. The van der Waals surface area contributed by atoms with Crippen molar-refractivity contribution in [1.82, 2.24) is 9.80 Å². The molecule has 3 heterocycles. The molecule has 2 bridgehead atoms. The van der Waals surface area contributed by atoms with Crippen LogP contribution in [0.4, 0.5) is 5.69 Å². The molecule has 7 nitrogen and oxygen atoms in total. The zero-order valence-corrected chi connectivity index (χ0v) is 26.7. The number of fused-ring (bicyclic) bond motifs is 1. The molecule has 1 N–H and O–H groups in total. The van der Waals surface area contributed by atoms with E-state index in [0.717, 1.165) is 30.5 Å². The Morgan fingerprint density at radius 3 is 2.34 bits per heavy atom. The third-order valence-electron chi connectivity index (χ3n) is 9.67. The number of para-hydroxylation sites is 1. The van der Waals surface area contributed by atoms with Gasteiger partial charge in [-0.2, -0.15) is 0 Å². The van der Waals surface area contributed by atoms with E-state index >= 15 is 0 Å². The Labute approximate surface area is 266 Å². The fraction of sp³-hybridized carbons (Fsp3) is 0.472. The van der Waals surface area contributed by atoms with Crippen LogP contribution in [0.25, 0.3) is 0 Å². The molecular weight excluding hydrogens is 570 g/mol. The van der Waals surface area contributed by atoms with Gasteiger partial charge >= 0.3 is 0 Å². The number of carbonyl (C=O) groups is 3. The first-order valence-corrected chi connectivity index (χ1v) is 16.7. The molecule has 3 amide bonds. The summed E-state index contributed by atoms with van der Waals surface area (Å²) in [6.45, 7) is 12.4. The van der Waals surface area contributed by atoms with Crippen LogP contribution in [0, 0.1) is 11.8 Å². The number of anilines is 1. The third-order valence-corrected chi connectivity index (χ3v) is 11.6. The van der Waals surface area contributed by atoms with Gasteiger partial charge in [-0.25, -0.2) is 0 Å². The van der Waals surface area contributed by atoms with Gasteiger partial charge in [0.25, 0.3) is 0 Å². The van der Waals surface area contributed by atoms with Crippen molar-refractivity contribution in [1.29, 1.82) is 0 Å². The molecule has 2 aromatic rings. The minimum Gasteiger partial charge on any atom is -0.394 e. The van der Waals surface area contributed by atoms with E-state index in [0.29, 0.717) is 25.9 Å². The van der Waals surface area contributed by atoms with E-state index in [1.807, 2.05) is 72.5 Å². The maximum absolute atomic E-state index is 14.8. The number of nitrogens with zero attached hydrogens (tertiary/aromatic N) is 3. The van der Waals surface area contributed by atoms with Gasteiger partial charge in [-0.1, -0.05) is 74.0 Å². The summed E-state index contributed by atoms with van der Waals surface area (Å²) < 4.78 is -0.745. The number of thioether (sulfide) groups is 1. The lowest BCUT2D eigenvalue weighted by atomic mass is 9.70. The van der Waals surface area contributed by atoms with Gasteiger partial charge in [0.15, 0.2) is 0 Å². The number of hydrogen-bond acceptors (Lipinski definition) is 5. The van der Waals surface area contributed by atoms with E-state index in [2.05, 4.69) is 20.1 Å². The second kappa shape index (κ2) is 13.7. The summed E-state index contributed by atoms with van der Waals surface area (Å²) in [7, 11) is 0. The van der Waals surface area contributed by atoms with Crippen LogP contribution in [-0.4, -0.2) is 80.4 Å². The van der Waals surface area contributed by atoms with Crippen molar-refractivity contribution in [3.8, 4) is 0 Å². The lowest BCUT2D eigenvalue weighted by Gasteiger charge is -2.41. The van der Waals surface area contributed by atoms with Gasteiger partial charge in [-0.15, -0.1) is 24.9 Å². The van der Waals surface area contributed by atoms with Crippen LogP contribution in [0.1, 0.15) is 45.1 Å². The molecule has 1 spiro atoms. The van der Waals surface area contributed by atoms with Gasteiger partial charge in [0.2, 0.25) is 17.7 Å². The molecule has 2 aromatic carbocycles. The van der Waals surface area contributed by atoms with Gasteiger partial charge in [-0.3, -0.25) is 14.4 Å². The molecule has 3 unspecified atom stereocenters. The number of likely N-dealkylation sites (tertiary alicyclic amines) is 1. The number of carbonyl (C=O) groups excluding carboxylic acids is 3. The van der Waals surface area contributed by atoms with Crippen LogP contribution in [-0.2, 0) is 20.8 Å². The molecule has 7 atom stereocenters. The number of benzene rings is 2. The number of amides is 3. The standard InChI is InChI=1S/C36H45N3O4S/c1-5-14-25(4)37(21-6-2)35(43)32-36-20-19-29(44-36)30(33(41)38(22-7-3)27-17-12-9-13-18-27)31(36)34(42)39(32)28(24-40)23-26-15-10-8-11-16-26/h6-13,15-18,25,28-32,40H,2-3,5,14,19-24H2,1,4H3/t25?,28-,29-,30+,31+,32?,36?/m1/s1. The van der Waals surface area contributed by atoms with Crippen molar-refractivity contribution >= 4 is 35.2 Å². The maximum atomic E-state index is 14.8. The number of hydrogen-bond donors (Lipinski definition) is 1. The Kier molecular flexibility index (Phi) is 10.0. The molecule has 44 heavy (non-hydrogen) atoms. The van der Waals surface area contributed by atoms with Gasteiger partial charge in [0.1, 0.15) is 6.04 Å². The summed E-state index contributed by atoms with van der Waals surface area (Å²) in [6.07, 6.45) is 7.05. The smallest absolute Gasteiger partial charge is 0.247 e. The molecule has 3 fully saturated rings. The highest BCUT2D eigenvalue weighted by atomic mass is 32.2. The summed E-state index contributed by atoms with van der Waals surface area (Å²) >= 11 is 1.66. The van der Waals surface area contributed by atoms with E-state index < -0.39 is 28.7 Å². The summed E-state index contributed by atoms with van der Waals surface area (Å²) in [4.78, 5) is 49.4. The van der Waals surface area contributed by atoms with Crippen LogP contribution in [0.2, 0.25) is 0 Å². The molecule has 0 aromatic heterocycles. The summed E-state index contributed by atoms with van der Waals surface area (Å²) in [5, 5.41) is 10.7. The van der Waals surface area contributed by atoms with E-state index in [1.165, 1.54) is 0 Å². The Morgan fingerprint density at radius 2 is 1.73 bits per heavy atom. The van der Waals surface area contributed by atoms with Crippen molar-refractivity contribution in [2.75, 3.05) is 24.6 Å². The van der Waals surface area contributed by atoms with Crippen molar-refractivity contribution in [2.24, 2.45) is 11.8 Å². The maximum Gasteiger partial charge on any atom is 0.247 e. The topological polar surface area (TPSA) is 81.2 Å². The van der Waals surface area contributed by atoms with Crippen LogP contribution in [0.5, 0.6) is 0 Å². The first-order valence-electron chi connectivity index (χ1n) is 15.9. The fourth-order valence-corrected chi connectivity index (χ4v) is 9.97. The highest BCUT2D eigenvalue weighted by Crippen LogP contribution is 2.67. The minimum atomic E-state index is -0.780. The van der Waals surface area contributed by atoms with Crippen molar-refractivity contribution in [3.63, 3.8) is 0 Å². The molecule has 3 aliphatic heterocycles. The number of aliphatic hydroxyl groups is 1. The van der Waals surface area contributed by atoms with Crippen molar-refractivity contribution < 1.29 is 19.5 Å². The van der Waals surface area contributed by atoms with E-state index in [4.69, 9.17) is 0 Å². The SMILES string of the molecule is C=CCN(C(=O)[C@@H]1[C@H]2C(=O)N([C@@H](CO)Cc3ccccc3)C(C(=O)N(CC=C)C(C)CCC)C23CC[C@H]1S3)c1ccccc1. The molecule has 8 heteroatoms. The first kappa shape index (κ1) is 32.0. The van der Waals surface area contributed by atoms with Gasteiger partial charge < -0.3 is 19.8 Å². The largest absolute Gasteiger partial charge is 0.394 e. The Balaban J connectivity index is 1.59. The summed E-state index contributed by atoms with van der Waals surface area (Å²) in [6, 6.07) is 17.9. The molecule has 3 saturated heterocycles. The second-order valence-corrected chi connectivity index (χ2v) is 13.9. The normalized spacial score (nSPS) is 26.6.